The molecular formula is C19H18BrClN2O. The van der Waals surface area contributed by atoms with Gasteiger partial charge in [-0.25, -0.2) is 0 Å². The number of anilines is 1. The van der Waals surface area contributed by atoms with Gasteiger partial charge in [0, 0.05) is 28.1 Å². The molecule has 1 N–H and O–H groups in total. The van der Waals surface area contributed by atoms with E-state index in [1.54, 1.807) is 0 Å². The molecule has 0 radical (unpaired) electrons. The number of carbonyl (C=O) groups excluding carboxylic acids is 1. The largest absolute Gasteiger partial charge is 0.378 e. The monoisotopic (exact) mass is 404 g/mol. The lowest BCUT2D eigenvalue weighted by molar-refractivity contribution is -0.130. The van der Waals surface area contributed by atoms with Crippen molar-refractivity contribution in [2.75, 3.05) is 11.9 Å². The Labute approximate surface area is 155 Å². The van der Waals surface area contributed by atoms with Crippen molar-refractivity contribution in [2.24, 2.45) is 0 Å². The lowest BCUT2D eigenvalue weighted by Gasteiger charge is -2.38. The van der Waals surface area contributed by atoms with E-state index in [2.05, 4.69) is 50.4 Å². The summed E-state index contributed by atoms with van der Waals surface area (Å²) in [5.41, 5.74) is 3.50. The number of carbonyl (C=O) groups is 1. The summed E-state index contributed by atoms with van der Waals surface area (Å²) in [7, 11) is 0. The molecule has 124 valence electrons. The molecule has 2 heterocycles. The first-order valence-electron chi connectivity index (χ1n) is 8.23. The van der Waals surface area contributed by atoms with Crippen molar-refractivity contribution in [3.63, 3.8) is 0 Å². The first-order chi connectivity index (χ1) is 11.6. The maximum atomic E-state index is 12.3. The van der Waals surface area contributed by atoms with Gasteiger partial charge in [0.05, 0.1) is 12.1 Å². The van der Waals surface area contributed by atoms with Crippen LogP contribution in [0.4, 0.5) is 5.69 Å². The maximum absolute atomic E-state index is 12.3. The van der Waals surface area contributed by atoms with Crippen molar-refractivity contribution in [1.29, 1.82) is 0 Å². The number of nitrogens with zero attached hydrogens (tertiary/aromatic N) is 1. The second kappa shape index (κ2) is 6.41. The Morgan fingerprint density at radius 1 is 1.17 bits per heavy atom. The number of amides is 1. The third-order valence-corrected chi connectivity index (χ3v) is 5.67. The minimum Gasteiger partial charge on any atom is -0.378 e. The second-order valence-electron chi connectivity index (χ2n) is 6.42. The van der Waals surface area contributed by atoms with Crippen LogP contribution in [0.25, 0.3) is 0 Å². The van der Waals surface area contributed by atoms with E-state index in [0.29, 0.717) is 6.42 Å². The molecule has 2 atom stereocenters. The third kappa shape index (κ3) is 2.93. The standard InChI is InChI=1S/C19H18BrClN2O/c20-13-5-8-16-15(10-13)18(23-9-1-2-19(23)24)11-17(22-16)12-3-6-14(21)7-4-12/h3-8,10,17-18,22H,1-2,9,11H2/t17-,18-/m0/s1. The topological polar surface area (TPSA) is 32.3 Å². The highest BCUT2D eigenvalue weighted by Crippen LogP contribution is 2.44. The zero-order valence-corrected chi connectivity index (χ0v) is 15.5. The second-order valence-corrected chi connectivity index (χ2v) is 7.77. The molecule has 0 unspecified atom stereocenters. The molecule has 24 heavy (non-hydrogen) atoms. The van der Waals surface area contributed by atoms with Gasteiger partial charge in [0.25, 0.3) is 0 Å². The van der Waals surface area contributed by atoms with E-state index in [0.717, 1.165) is 34.6 Å². The fraction of sp³-hybridized carbons (Fsp3) is 0.316. The number of hydrogen-bond acceptors (Lipinski definition) is 2. The van der Waals surface area contributed by atoms with E-state index in [1.807, 2.05) is 18.2 Å². The van der Waals surface area contributed by atoms with Crippen LogP contribution < -0.4 is 5.32 Å². The van der Waals surface area contributed by atoms with Gasteiger partial charge in [-0.15, -0.1) is 0 Å². The minimum atomic E-state index is 0.120. The van der Waals surface area contributed by atoms with Gasteiger partial charge in [-0.3, -0.25) is 4.79 Å². The molecular weight excluding hydrogens is 388 g/mol. The maximum Gasteiger partial charge on any atom is 0.223 e. The number of fused-ring (bicyclic) bond motifs is 1. The summed E-state index contributed by atoms with van der Waals surface area (Å²) >= 11 is 9.59. The first-order valence-corrected chi connectivity index (χ1v) is 9.40. The van der Waals surface area contributed by atoms with E-state index in [9.17, 15) is 4.79 Å². The van der Waals surface area contributed by atoms with Gasteiger partial charge in [0.15, 0.2) is 0 Å². The highest BCUT2D eigenvalue weighted by Gasteiger charge is 2.35. The van der Waals surface area contributed by atoms with Crippen LogP contribution in [-0.4, -0.2) is 17.4 Å². The summed E-state index contributed by atoms with van der Waals surface area (Å²) in [6.45, 7) is 0.850. The summed E-state index contributed by atoms with van der Waals surface area (Å²) in [5, 5.41) is 4.37. The quantitative estimate of drug-likeness (QED) is 0.733. The molecule has 0 aliphatic carbocycles. The molecule has 1 saturated heterocycles. The molecule has 2 aliphatic heterocycles. The average Bonchev–Trinajstić information content (AvgIpc) is 3.00. The number of rotatable bonds is 2. The summed E-state index contributed by atoms with van der Waals surface area (Å²) in [6, 6.07) is 14.5. The molecule has 0 spiro atoms. The van der Waals surface area contributed by atoms with Crippen molar-refractivity contribution < 1.29 is 4.79 Å². The smallest absolute Gasteiger partial charge is 0.223 e. The lowest BCUT2D eigenvalue weighted by atomic mass is 9.88. The molecule has 0 saturated carbocycles. The summed E-state index contributed by atoms with van der Waals surface area (Å²) in [6.07, 6.45) is 2.49. The van der Waals surface area contributed by atoms with E-state index in [-0.39, 0.29) is 18.0 Å². The van der Waals surface area contributed by atoms with E-state index < -0.39 is 0 Å². The van der Waals surface area contributed by atoms with Gasteiger partial charge in [-0.2, -0.15) is 0 Å². The van der Waals surface area contributed by atoms with Crippen molar-refractivity contribution in [3.05, 3.63) is 63.1 Å². The van der Waals surface area contributed by atoms with Gasteiger partial charge in [0.2, 0.25) is 5.91 Å². The Hall–Kier alpha value is -1.52. The minimum absolute atomic E-state index is 0.120. The zero-order valence-electron chi connectivity index (χ0n) is 13.1. The van der Waals surface area contributed by atoms with Crippen LogP contribution in [0, 0.1) is 0 Å². The van der Waals surface area contributed by atoms with Crippen molar-refractivity contribution in [1.82, 2.24) is 4.90 Å². The molecule has 3 nitrogen and oxygen atoms in total. The van der Waals surface area contributed by atoms with Gasteiger partial charge in [-0.1, -0.05) is 39.7 Å². The number of halogens is 2. The summed E-state index contributed by atoms with van der Waals surface area (Å²) < 4.78 is 1.05. The van der Waals surface area contributed by atoms with Crippen molar-refractivity contribution in [2.45, 2.75) is 31.3 Å². The fourth-order valence-corrected chi connectivity index (χ4v) is 4.25. The van der Waals surface area contributed by atoms with Crippen molar-refractivity contribution >= 4 is 39.1 Å². The average molecular weight is 406 g/mol. The Kier molecular flexibility index (Phi) is 4.27. The zero-order chi connectivity index (χ0) is 16.7. The Bertz CT molecular complexity index is 777. The van der Waals surface area contributed by atoms with Gasteiger partial charge < -0.3 is 10.2 Å². The number of hydrogen-bond donors (Lipinski definition) is 1. The Morgan fingerprint density at radius 3 is 2.67 bits per heavy atom. The van der Waals surface area contributed by atoms with Crippen LogP contribution in [0.3, 0.4) is 0 Å². The van der Waals surface area contributed by atoms with Crippen LogP contribution in [0.2, 0.25) is 5.02 Å². The Morgan fingerprint density at radius 2 is 1.96 bits per heavy atom. The number of benzene rings is 2. The van der Waals surface area contributed by atoms with Crippen LogP contribution in [-0.2, 0) is 4.79 Å². The van der Waals surface area contributed by atoms with Gasteiger partial charge >= 0.3 is 0 Å². The third-order valence-electron chi connectivity index (χ3n) is 4.92. The number of likely N-dealkylation sites (tertiary alicyclic amines) is 1. The summed E-state index contributed by atoms with van der Waals surface area (Å²) in [5.74, 6) is 0.266. The summed E-state index contributed by atoms with van der Waals surface area (Å²) in [4.78, 5) is 14.4. The van der Waals surface area contributed by atoms with Crippen molar-refractivity contribution in [3.8, 4) is 0 Å². The SMILES string of the molecule is O=C1CCCN1[C@H]1C[C@@H](c2ccc(Cl)cc2)Nc2ccc(Br)cc21. The predicted molar refractivity (Wildman–Crippen MR) is 100 cm³/mol. The number of nitrogens with one attached hydrogen (secondary N) is 1. The van der Waals surface area contributed by atoms with Gasteiger partial charge in [-0.05, 0) is 54.3 Å². The molecule has 2 aromatic carbocycles. The van der Waals surface area contributed by atoms with Gasteiger partial charge in [0.1, 0.15) is 0 Å². The van der Waals surface area contributed by atoms with Crippen LogP contribution in [0.1, 0.15) is 42.5 Å². The van der Waals surface area contributed by atoms with E-state index in [4.69, 9.17) is 11.6 Å². The molecule has 5 heteroatoms. The molecule has 2 aliphatic rings. The first kappa shape index (κ1) is 16.0. The predicted octanol–water partition coefficient (Wildman–Crippen LogP) is 5.32. The Balaban J connectivity index is 1.73. The molecule has 0 bridgehead atoms. The molecule has 2 aromatic rings. The van der Waals surface area contributed by atoms with Crippen LogP contribution in [0.15, 0.2) is 46.9 Å². The lowest BCUT2D eigenvalue weighted by Crippen LogP contribution is -2.35. The molecule has 1 amide bonds. The van der Waals surface area contributed by atoms with Crippen LogP contribution >= 0.6 is 27.5 Å². The normalized spacial score (nSPS) is 23.1. The van der Waals surface area contributed by atoms with E-state index >= 15 is 0 Å². The molecule has 1 fully saturated rings. The molecule has 4 rings (SSSR count). The molecule has 0 aromatic heterocycles. The van der Waals surface area contributed by atoms with Crippen LogP contribution in [0.5, 0.6) is 0 Å². The van der Waals surface area contributed by atoms with E-state index in [1.165, 1.54) is 11.1 Å². The fourth-order valence-electron chi connectivity index (χ4n) is 3.75. The highest BCUT2D eigenvalue weighted by atomic mass is 79.9. The highest BCUT2D eigenvalue weighted by molar-refractivity contribution is 9.10.